The lowest BCUT2D eigenvalue weighted by molar-refractivity contribution is -0.440. The number of hydrogen-bond donors (Lipinski definition) is 0. The fraction of sp³-hybridized carbons (Fsp3) is 1.00. The van der Waals surface area contributed by atoms with Crippen LogP contribution in [0.3, 0.4) is 0 Å². The number of hydrogen-bond acceptors (Lipinski definition) is 0. The van der Waals surface area contributed by atoms with Crippen LogP contribution >= 0.6 is 22.6 Å². The minimum atomic E-state index is -7.81. The van der Waals surface area contributed by atoms with Gasteiger partial charge in [-0.25, -0.2) is 0 Å². The van der Waals surface area contributed by atoms with Gasteiger partial charge in [0.05, 0.1) is 0 Å². The highest BCUT2D eigenvalue weighted by Crippen LogP contribution is 2.60. The lowest BCUT2D eigenvalue weighted by atomic mass is 9.91. The van der Waals surface area contributed by atoms with E-state index in [1.165, 1.54) is 0 Å². The number of unbranched alkanes of at least 4 members (excludes halogenated alkanes) is 3. The van der Waals surface area contributed by atoms with Crippen LogP contribution in [-0.4, -0.2) is 40.2 Å². The van der Waals surface area contributed by atoms with E-state index in [1.807, 2.05) is 22.6 Å². The summed E-state index contributed by atoms with van der Waals surface area (Å²) in [4.78, 5) is 0. The first-order chi connectivity index (χ1) is 11.3. The van der Waals surface area contributed by atoms with E-state index in [2.05, 4.69) is 0 Å². The molecule has 158 valence electrons. The Hall–Kier alpha value is -0.180. The van der Waals surface area contributed by atoms with Crippen molar-refractivity contribution in [1.82, 2.24) is 0 Å². The van der Waals surface area contributed by atoms with Crippen molar-refractivity contribution in [3.05, 3.63) is 0 Å². The van der Waals surface area contributed by atoms with Crippen molar-refractivity contribution in [2.75, 3.05) is 4.43 Å². The van der Waals surface area contributed by atoms with Gasteiger partial charge in [-0.3, -0.25) is 0 Å². The number of halogens is 14. The van der Waals surface area contributed by atoms with Crippen LogP contribution in [0.5, 0.6) is 0 Å². The van der Waals surface area contributed by atoms with Crippen molar-refractivity contribution in [2.24, 2.45) is 0 Å². The Morgan fingerprint density at radius 2 is 0.846 bits per heavy atom. The Morgan fingerprint density at radius 3 is 1.23 bits per heavy atom. The molecule has 0 radical (unpaired) electrons. The van der Waals surface area contributed by atoms with E-state index in [0.29, 0.717) is 10.8 Å². The van der Waals surface area contributed by atoms with Crippen LogP contribution in [0.25, 0.3) is 0 Å². The van der Waals surface area contributed by atoms with E-state index in [9.17, 15) is 57.1 Å². The molecule has 0 nitrogen and oxygen atoms in total. The minimum Gasteiger partial charge on any atom is -0.200 e. The molecular formula is C12H12F13I. The topological polar surface area (TPSA) is 0 Å². The lowest BCUT2D eigenvalue weighted by Crippen LogP contribution is -2.70. The van der Waals surface area contributed by atoms with Gasteiger partial charge in [0.25, 0.3) is 0 Å². The van der Waals surface area contributed by atoms with Crippen LogP contribution in [0.2, 0.25) is 0 Å². The normalized spacial score (nSPS) is 15.5. The summed E-state index contributed by atoms with van der Waals surface area (Å²) < 4.78 is 167. The molecule has 0 bridgehead atoms. The second-order valence-corrected chi connectivity index (χ2v) is 6.43. The fourth-order valence-electron chi connectivity index (χ4n) is 1.75. The summed E-state index contributed by atoms with van der Waals surface area (Å²) in [6, 6.07) is 0. The molecule has 26 heavy (non-hydrogen) atoms. The zero-order chi connectivity index (χ0) is 21.2. The molecule has 0 unspecified atom stereocenters. The zero-order valence-corrected chi connectivity index (χ0v) is 14.7. The van der Waals surface area contributed by atoms with E-state index in [-0.39, 0.29) is 12.8 Å². The summed E-state index contributed by atoms with van der Waals surface area (Å²) in [7, 11) is 0. The number of rotatable bonds is 10. The molecule has 0 spiro atoms. The first kappa shape index (κ1) is 25.8. The van der Waals surface area contributed by atoms with E-state index in [4.69, 9.17) is 0 Å². The van der Waals surface area contributed by atoms with Gasteiger partial charge in [0.2, 0.25) is 0 Å². The van der Waals surface area contributed by atoms with Gasteiger partial charge in [0, 0.05) is 6.42 Å². The average Bonchev–Trinajstić information content (AvgIpc) is 2.44. The summed E-state index contributed by atoms with van der Waals surface area (Å²) in [6.07, 6.45) is -9.83. The van der Waals surface area contributed by atoms with Crippen molar-refractivity contribution in [3.8, 4) is 0 Å². The number of alkyl halides is 14. The highest BCUT2D eigenvalue weighted by molar-refractivity contribution is 14.1. The third-order valence-corrected chi connectivity index (χ3v) is 4.14. The van der Waals surface area contributed by atoms with Crippen molar-refractivity contribution < 1.29 is 57.1 Å². The molecule has 14 heteroatoms. The lowest BCUT2D eigenvalue weighted by Gasteiger charge is -2.39. The molecule has 0 aliphatic carbocycles. The predicted octanol–water partition coefficient (Wildman–Crippen LogP) is 7.11. The van der Waals surface area contributed by atoms with Crippen molar-refractivity contribution in [3.63, 3.8) is 0 Å². The van der Waals surface area contributed by atoms with Crippen LogP contribution in [0.1, 0.15) is 32.1 Å². The molecule has 0 heterocycles. The van der Waals surface area contributed by atoms with Crippen LogP contribution in [0.4, 0.5) is 57.1 Å². The standard InChI is InChI=1S/C12H12F13I/c13-7(14,5-3-1-2-4-6-26)8(15,16)9(17,18)10(19,20)11(21,22)12(23,24)25/h1-6H2. The SMILES string of the molecule is FC(F)(F)C(F)(F)C(F)(F)C(F)(F)C(F)(F)C(F)(F)CCCCCCI. The maximum atomic E-state index is 13.3. The van der Waals surface area contributed by atoms with Crippen molar-refractivity contribution in [2.45, 2.75) is 67.9 Å². The largest absolute Gasteiger partial charge is 0.460 e. The molecule has 0 fully saturated rings. The van der Waals surface area contributed by atoms with Gasteiger partial charge in [0.1, 0.15) is 0 Å². The summed E-state index contributed by atoms with van der Waals surface area (Å²) in [5.41, 5.74) is 0. The van der Waals surface area contributed by atoms with Gasteiger partial charge in [-0.1, -0.05) is 35.4 Å². The van der Waals surface area contributed by atoms with E-state index < -0.39 is 48.6 Å². The Morgan fingerprint density at radius 1 is 0.462 bits per heavy atom. The van der Waals surface area contributed by atoms with Crippen LogP contribution < -0.4 is 0 Å². The predicted molar refractivity (Wildman–Crippen MR) is 72.8 cm³/mol. The Kier molecular flexibility index (Phi) is 8.00. The van der Waals surface area contributed by atoms with Gasteiger partial charge >= 0.3 is 35.8 Å². The second kappa shape index (κ2) is 8.05. The monoisotopic (exact) mass is 530 g/mol. The highest BCUT2D eigenvalue weighted by Gasteiger charge is 2.90. The zero-order valence-electron chi connectivity index (χ0n) is 12.5. The van der Waals surface area contributed by atoms with E-state index >= 15 is 0 Å². The third kappa shape index (κ3) is 4.45. The molecule has 0 saturated heterocycles. The van der Waals surface area contributed by atoms with Gasteiger partial charge in [-0.15, -0.1) is 0 Å². The first-order valence-corrected chi connectivity index (χ1v) is 8.35. The van der Waals surface area contributed by atoms with Crippen LogP contribution in [0.15, 0.2) is 0 Å². The first-order valence-electron chi connectivity index (χ1n) is 6.83. The Bertz CT molecular complexity index is 455. The summed E-state index contributed by atoms with van der Waals surface area (Å²) in [6.45, 7) is 0. The fourth-order valence-corrected chi connectivity index (χ4v) is 2.29. The third-order valence-electron chi connectivity index (χ3n) is 3.37. The highest BCUT2D eigenvalue weighted by atomic mass is 127. The maximum Gasteiger partial charge on any atom is 0.460 e. The molecule has 0 N–H and O–H groups in total. The van der Waals surface area contributed by atoms with Crippen molar-refractivity contribution in [1.29, 1.82) is 0 Å². The molecule has 0 atom stereocenters. The molecule has 0 saturated carbocycles. The van der Waals surface area contributed by atoms with Gasteiger partial charge in [0.15, 0.2) is 0 Å². The van der Waals surface area contributed by atoms with Crippen LogP contribution in [0, 0.1) is 0 Å². The molecule has 0 aromatic carbocycles. The van der Waals surface area contributed by atoms with Gasteiger partial charge in [-0.05, 0) is 17.3 Å². The van der Waals surface area contributed by atoms with Crippen LogP contribution in [-0.2, 0) is 0 Å². The second-order valence-electron chi connectivity index (χ2n) is 5.35. The summed E-state index contributed by atoms with van der Waals surface area (Å²) >= 11 is 1.89. The molecule has 0 aromatic rings. The maximum absolute atomic E-state index is 13.3. The Labute approximate surface area is 152 Å². The molecule has 0 amide bonds. The minimum absolute atomic E-state index is 0.185. The molecular weight excluding hydrogens is 518 g/mol. The molecule has 0 aliphatic heterocycles. The molecule has 0 rings (SSSR count). The van der Waals surface area contributed by atoms with Gasteiger partial charge in [-0.2, -0.15) is 57.1 Å². The Balaban J connectivity index is 5.64. The quantitative estimate of drug-likeness (QED) is 0.122. The molecule has 0 aliphatic rings. The average molecular weight is 530 g/mol. The van der Waals surface area contributed by atoms with E-state index in [0.717, 1.165) is 0 Å². The summed E-state index contributed by atoms with van der Waals surface area (Å²) in [5, 5.41) is 0. The smallest absolute Gasteiger partial charge is 0.200 e. The molecule has 0 aromatic heterocycles. The summed E-state index contributed by atoms with van der Waals surface area (Å²) in [5.74, 6) is -36.2. The van der Waals surface area contributed by atoms with Crippen molar-refractivity contribution >= 4 is 22.6 Å². The van der Waals surface area contributed by atoms with E-state index in [1.54, 1.807) is 0 Å². The van der Waals surface area contributed by atoms with Gasteiger partial charge < -0.3 is 0 Å².